The van der Waals surface area contributed by atoms with Gasteiger partial charge in [-0.25, -0.2) is 4.98 Å². The smallest absolute Gasteiger partial charge is 0.165 e. The average molecular weight is 387 g/mol. The zero-order chi connectivity index (χ0) is 20.2. The molecule has 0 saturated carbocycles. The maximum atomic E-state index is 6.04. The Labute approximate surface area is 169 Å². The molecule has 0 aliphatic heterocycles. The summed E-state index contributed by atoms with van der Waals surface area (Å²) < 4.78 is 11.5. The Morgan fingerprint density at radius 3 is 2.64 bits per heavy atom. The lowest BCUT2D eigenvalue weighted by atomic mass is 10.2. The minimum absolute atomic E-state index is 0.680. The van der Waals surface area contributed by atoms with Crippen LogP contribution in [0.4, 0.5) is 5.82 Å². The van der Waals surface area contributed by atoms with Crippen molar-refractivity contribution >= 4 is 5.82 Å². The Morgan fingerprint density at radius 2 is 1.93 bits per heavy atom. The van der Waals surface area contributed by atoms with Crippen LogP contribution in [-0.4, -0.2) is 57.3 Å². The molecule has 1 heterocycles. The summed E-state index contributed by atoms with van der Waals surface area (Å²) in [5.74, 6) is 2.56. The molecule has 0 unspecified atom stereocenters. The second-order valence-electron chi connectivity index (χ2n) is 7.13. The number of hydrogen-bond acceptors (Lipinski definition) is 6. The number of nitrogens with one attached hydrogen (secondary N) is 2. The molecule has 0 aliphatic carbocycles. The van der Waals surface area contributed by atoms with Gasteiger partial charge in [-0.3, -0.25) is 0 Å². The lowest BCUT2D eigenvalue weighted by Gasteiger charge is -2.16. The van der Waals surface area contributed by atoms with E-state index in [0.29, 0.717) is 6.61 Å². The predicted octanol–water partition coefficient (Wildman–Crippen LogP) is 3.32. The molecular weight excluding hydrogens is 352 g/mol. The molecule has 0 amide bonds. The summed E-state index contributed by atoms with van der Waals surface area (Å²) in [4.78, 5) is 6.52. The Morgan fingerprint density at radius 1 is 1.07 bits per heavy atom. The van der Waals surface area contributed by atoms with Gasteiger partial charge in [-0.1, -0.05) is 18.2 Å². The molecule has 0 saturated heterocycles. The van der Waals surface area contributed by atoms with Crippen molar-refractivity contribution in [3.8, 4) is 11.5 Å². The van der Waals surface area contributed by atoms with Crippen LogP contribution in [0.15, 0.2) is 36.5 Å². The SMILES string of the molecule is COc1cccc(CNCCCNc2ccc(C)cn2)c1OCCCN(C)C. The maximum Gasteiger partial charge on any atom is 0.165 e. The summed E-state index contributed by atoms with van der Waals surface area (Å²) >= 11 is 0. The fraction of sp³-hybridized carbons (Fsp3) is 0.500. The number of anilines is 1. The van der Waals surface area contributed by atoms with Gasteiger partial charge in [0.25, 0.3) is 0 Å². The van der Waals surface area contributed by atoms with Gasteiger partial charge in [0.2, 0.25) is 0 Å². The van der Waals surface area contributed by atoms with Gasteiger partial charge in [-0.2, -0.15) is 0 Å². The van der Waals surface area contributed by atoms with E-state index in [1.165, 1.54) is 5.56 Å². The van der Waals surface area contributed by atoms with Crippen LogP contribution >= 0.6 is 0 Å². The number of aryl methyl sites for hydroxylation is 1. The van der Waals surface area contributed by atoms with Crippen molar-refractivity contribution in [2.45, 2.75) is 26.3 Å². The van der Waals surface area contributed by atoms with Crippen LogP contribution in [0.1, 0.15) is 24.0 Å². The minimum Gasteiger partial charge on any atom is -0.493 e. The van der Waals surface area contributed by atoms with Gasteiger partial charge in [-0.15, -0.1) is 0 Å². The molecule has 0 aliphatic rings. The number of rotatable bonds is 13. The van der Waals surface area contributed by atoms with E-state index in [2.05, 4.69) is 46.7 Å². The van der Waals surface area contributed by atoms with E-state index < -0.39 is 0 Å². The molecule has 0 atom stereocenters. The normalized spacial score (nSPS) is 10.9. The molecule has 0 spiro atoms. The van der Waals surface area contributed by atoms with E-state index in [1.54, 1.807) is 7.11 Å². The van der Waals surface area contributed by atoms with E-state index in [9.17, 15) is 0 Å². The van der Waals surface area contributed by atoms with E-state index in [4.69, 9.17) is 9.47 Å². The fourth-order valence-corrected chi connectivity index (χ4v) is 2.81. The van der Waals surface area contributed by atoms with E-state index in [-0.39, 0.29) is 0 Å². The Hall–Kier alpha value is -2.31. The summed E-state index contributed by atoms with van der Waals surface area (Å²) in [7, 11) is 5.83. The molecule has 2 aromatic rings. The highest BCUT2D eigenvalue weighted by molar-refractivity contribution is 5.46. The number of methoxy groups -OCH3 is 1. The van der Waals surface area contributed by atoms with Gasteiger partial charge in [-0.05, 0) is 58.1 Å². The Balaban J connectivity index is 1.75. The number of aromatic nitrogens is 1. The summed E-state index contributed by atoms with van der Waals surface area (Å²) in [6, 6.07) is 10.1. The highest BCUT2D eigenvalue weighted by Gasteiger charge is 2.10. The van der Waals surface area contributed by atoms with Crippen molar-refractivity contribution in [3.05, 3.63) is 47.7 Å². The van der Waals surface area contributed by atoms with Crippen LogP contribution in [0.2, 0.25) is 0 Å². The molecule has 0 bridgehead atoms. The van der Waals surface area contributed by atoms with Crippen molar-refractivity contribution in [2.24, 2.45) is 0 Å². The molecule has 28 heavy (non-hydrogen) atoms. The first-order valence-corrected chi connectivity index (χ1v) is 9.91. The molecular formula is C22H34N4O2. The lowest BCUT2D eigenvalue weighted by molar-refractivity contribution is 0.265. The Kier molecular flexibility index (Phi) is 9.59. The third-order valence-corrected chi connectivity index (χ3v) is 4.34. The number of hydrogen-bond donors (Lipinski definition) is 2. The second kappa shape index (κ2) is 12.2. The van der Waals surface area contributed by atoms with E-state index in [0.717, 1.165) is 61.9 Å². The molecule has 6 nitrogen and oxygen atoms in total. The largest absolute Gasteiger partial charge is 0.493 e. The molecule has 6 heteroatoms. The van der Waals surface area contributed by atoms with Gasteiger partial charge in [0, 0.05) is 31.4 Å². The summed E-state index contributed by atoms with van der Waals surface area (Å²) in [5, 5.41) is 6.84. The highest BCUT2D eigenvalue weighted by atomic mass is 16.5. The Bertz CT molecular complexity index is 689. The van der Waals surface area contributed by atoms with Crippen LogP contribution < -0.4 is 20.1 Å². The van der Waals surface area contributed by atoms with Crippen molar-refractivity contribution < 1.29 is 9.47 Å². The van der Waals surface area contributed by atoms with Crippen molar-refractivity contribution in [3.63, 3.8) is 0 Å². The van der Waals surface area contributed by atoms with Crippen LogP contribution in [-0.2, 0) is 6.54 Å². The quantitative estimate of drug-likeness (QED) is 0.515. The first-order chi connectivity index (χ1) is 13.6. The average Bonchev–Trinajstić information content (AvgIpc) is 2.69. The number of pyridine rings is 1. The summed E-state index contributed by atoms with van der Waals surface area (Å²) in [5.41, 5.74) is 2.29. The molecule has 0 radical (unpaired) electrons. The first kappa shape index (κ1) is 22.0. The van der Waals surface area contributed by atoms with Crippen LogP contribution in [0.5, 0.6) is 11.5 Å². The molecule has 2 rings (SSSR count). The standard InChI is InChI=1S/C22H34N4O2/c1-18-10-11-21(25-16-18)24-13-6-12-23-17-19-8-5-9-20(27-4)22(19)28-15-7-14-26(2)3/h5,8-11,16,23H,6-7,12-15,17H2,1-4H3,(H,24,25). The number of nitrogens with zero attached hydrogens (tertiary/aromatic N) is 2. The van der Waals surface area contributed by atoms with Crippen LogP contribution in [0.3, 0.4) is 0 Å². The van der Waals surface area contributed by atoms with Gasteiger partial charge < -0.3 is 25.0 Å². The van der Waals surface area contributed by atoms with Gasteiger partial charge >= 0.3 is 0 Å². The zero-order valence-corrected chi connectivity index (χ0v) is 17.6. The number of benzene rings is 1. The van der Waals surface area contributed by atoms with Gasteiger partial charge in [0.15, 0.2) is 11.5 Å². The van der Waals surface area contributed by atoms with Crippen LogP contribution in [0.25, 0.3) is 0 Å². The number of ether oxygens (including phenoxy) is 2. The molecule has 154 valence electrons. The molecule has 0 fully saturated rings. The molecule has 1 aromatic heterocycles. The monoisotopic (exact) mass is 386 g/mol. The van der Waals surface area contributed by atoms with Gasteiger partial charge in [0.05, 0.1) is 13.7 Å². The number of para-hydroxylation sites is 1. The fourth-order valence-electron chi connectivity index (χ4n) is 2.81. The third kappa shape index (κ3) is 7.74. The van der Waals surface area contributed by atoms with Crippen molar-refractivity contribution in [1.82, 2.24) is 15.2 Å². The molecule has 1 aromatic carbocycles. The highest BCUT2D eigenvalue weighted by Crippen LogP contribution is 2.31. The van der Waals surface area contributed by atoms with Crippen molar-refractivity contribution in [2.75, 3.05) is 52.8 Å². The van der Waals surface area contributed by atoms with E-state index in [1.807, 2.05) is 31.3 Å². The zero-order valence-electron chi connectivity index (χ0n) is 17.6. The topological polar surface area (TPSA) is 58.6 Å². The summed E-state index contributed by atoms with van der Waals surface area (Å²) in [6.07, 6.45) is 3.87. The van der Waals surface area contributed by atoms with Crippen molar-refractivity contribution in [1.29, 1.82) is 0 Å². The van der Waals surface area contributed by atoms with Gasteiger partial charge in [0.1, 0.15) is 5.82 Å². The minimum atomic E-state index is 0.680. The van der Waals surface area contributed by atoms with E-state index >= 15 is 0 Å². The first-order valence-electron chi connectivity index (χ1n) is 9.91. The van der Waals surface area contributed by atoms with Crippen LogP contribution in [0, 0.1) is 6.92 Å². The third-order valence-electron chi connectivity index (χ3n) is 4.34. The summed E-state index contributed by atoms with van der Waals surface area (Å²) in [6.45, 7) is 6.28. The molecule has 2 N–H and O–H groups in total. The maximum absolute atomic E-state index is 6.04. The predicted molar refractivity (Wildman–Crippen MR) is 115 cm³/mol. The lowest BCUT2D eigenvalue weighted by Crippen LogP contribution is -2.19. The second-order valence-corrected chi connectivity index (χ2v) is 7.13.